The number of hydrogen-bond acceptors (Lipinski definition) is 2. The predicted octanol–water partition coefficient (Wildman–Crippen LogP) is 1.97. The second-order valence-corrected chi connectivity index (χ2v) is 2.41. The molecule has 0 spiro atoms. The van der Waals surface area contributed by atoms with E-state index in [-0.39, 0.29) is 0 Å². The maximum absolute atomic E-state index is 12.9. The first kappa shape index (κ1) is 14.0. The standard InChI is InChI=1S/C6H6F6O3/c1-2-15-4(7,3(13)14)5(8,9)6(10,11)12/h2H2,1H3,(H,13,14). The van der Waals surface area contributed by atoms with Gasteiger partial charge in [0.05, 0.1) is 0 Å². The second kappa shape index (κ2) is 3.87. The van der Waals surface area contributed by atoms with Crippen molar-refractivity contribution in [3.63, 3.8) is 0 Å². The van der Waals surface area contributed by atoms with E-state index in [1.165, 1.54) is 0 Å². The van der Waals surface area contributed by atoms with E-state index in [9.17, 15) is 31.1 Å². The molecule has 0 aromatic heterocycles. The normalized spacial score (nSPS) is 17.3. The molecule has 0 saturated carbocycles. The first-order valence-electron chi connectivity index (χ1n) is 3.51. The molecular weight excluding hydrogens is 234 g/mol. The van der Waals surface area contributed by atoms with Gasteiger partial charge in [0.2, 0.25) is 0 Å². The van der Waals surface area contributed by atoms with Gasteiger partial charge in [0.15, 0.2) is 0 Å². The zero-order valence-electron chi connectivity index (χ0n) is 7.24. The fourth-order valence-corrected chi connectivity index (χ4v) is 0.668. The molecule has 1 atom stereocenters. The lowest BCUT2D eigenvalue weighted by atomic mass is 10.1. The molecule has 9 heteroatoms. The summed E-state index contributed by atoms with van der Waals surface area (Å²) in [6, 6.07) is 0. The third-order valence-electron chi connectivity index (χ3n) is 1.38. The largest absolute Gasteiger partial charge is 0.477 e. The third kappa shape index (κ3) is 2.16. The molecule has 0 aliphatic rings. The number of ether oxygens (including phenoxy) is 1. The molecule has 0 aliphatic heterocycles. The molecule has 0 aromatic carbocycles. The van der Waals surface area contributed by atoms with Crippen LogP contribution in [-0.2, 0) is 9.53 Å². The molecule has 0 radical (unpaired) electrons. The highest BCUT2D eigenvalue weighted by molar-refractivity contribution is 5.77. The minimum absolute atomic E-state index is 0.879. The Hall–Kier alpha value is -0.990. The first-order chi connectivity index (χ1) is 6.50. The van der Waals surface area contributed by atoms with Gasteiger partial charge in [-0.05, 0) is 6.92 Å². The van der Waals surface area contributed by atoms with Crippen LogP contribution < -0.4 is 0 Å². The van der Waals surface area contributed by atoms with Crippen LogP contribution in [0.5, 0.6) is 0 Å². The Bertz CT molecular complexity index is 250. The summed E-state index contributed by atoms with van der Waals surface area (Å²) in [5.74, 6) is -14.3. The van der Waals surface area contributed by atoms with Crippen LogP contribution in [0.1, 0.15) is 6.92 Å². The fourth-order valence-electron chi connectivity index (χ4n) is 0.668. The average Bonchev–Trinajstić information content (AvgIpc) is 2.01. The SMILES string of the molecule is CCOC(F)(C(=O)O)C(F)(F)C(F)(F)F. The average molecular weight is 240 g/mol. The molecule has 0 amide bonds. The molecule has 15 heavy (non-hydrogen) atoms. The molecule has 90 valence electrons. The highest BCUT2D eigenvalue weighted by Crippen LogP contribution is 2.46. The second-order valence-electron chi connectivity index (χ2n) is 2.41. The zero-order valence-corrected chi connectivity index (χ0v) is 7.24. The molecule has 0 fully saturated rings. The van der Waals surface area contributed by atoms with E-state index in [1.807, 2.05) is 0 Å². The van der Waals surface area contributed by atoms with Crippen LogP contribution in [0.25, 0.3) is 0 Å². The molecule has 0 aliphatic carbocycles. The summed E-state index contributed by atoms with van der Waals surface area (Å²) in [6.45, 7) is -0.0712. The molecule has 3 nitrogen and oxygen atoms in total. The van der Waals surface area contributed by atoms with Gasteiger partial charge < -0.3 is 9.84 Å². The van der Waals surface area contributed by atoms with E-state index in [4.69, 9.17) is 5.11 Å². The predicted molar refractivity (Wildman–Crippen MR) is 34.1 cm³/mol. The van der Waals surface area contributed by atoms with Gasteiger partial charge in [-0.2, -0.15) is 26.3 Å². The van der Waals surface area contributed by atoms with Gasteiger partial charge in [-0.1, -0.05) is 0 Å². The van der Waals surface area contributed by atoms with Gasteiger partial charge in [-0.25, -0.2) is 4.79 Å². The van der Waals surface area contributed by atoms with Crippen LogP contribution in [0.4, 0.5) is 26.3 Å². The van der Waals surface area contributed by atoms with Crippen molar-refractivity contribution >= 4 is 5.97 Å². The van der Waals surface area contributed by atoms with Crippen LogP contribution in [0.15, 0.2) is 0 Å². The Labute approximate surface area is 79.6 Å². The smallest absolute Gasteiger partial charge is 0.460 e. The minimum Gasteiger partial charge on any atom is -0.477 e. The number of carboxylic acids is 1. The Balaban J connectivity index is 5.35. The molecule has 0 saturated heterocycles. The van der Waals surface area contributed by atoms with Crippen molar-refractivity contribution < 1.29 is 41.0 Å². The van der Waals surface area contributed by atoms with Crippen molar-refractivity contribution in [2.75, 3.05) is 6.61 Å². The van der Waals surface area contributed by atoms with Crippen molar-refractivity contribution in [1.29, 1.82) is 0 Å². The van der Waals surface area contributed by atoms with E-state index in [0.29, 0.717) is 0 Å². The van der Waals surface area contributed by atoms with Crippen LogP contribution in [-0.4, -0.2) is 35.6 Å². The summed E-state index contributed by atoms with van der Waals surface area (Å²) in [7, 11) is 0. The monoisotopic (exact) mass is 240 g/mol. The molecule has 1 unspecified atom stereocenters. The maximum atomic E-state index is 12.9. The number of hydrogen-bond donors (Lipinski definition) is 1. The minimum atomic E-state index is -6.35. The molecule has 0 rings (SSSR count). The summed E-state index contributed by atoms with van der Waals surface area (Å²) >= 11 is 0. The zero-order chi connectivity index (χ0) is 12.5. The fraction of sp³-hybridized carbons (Fsp3) is 0.833. The van der Waals surface area contributed by atoms with E-state index in [1.54, 1.807) is 0 Å². The Morgan fingerprint density at radius 1 is 1.20 bits per heavy atom. The van der Waals surface area contributed by atoms with Gasteiger partial charge in [0, 0.05) is 6.61 Å². The van der Waals surface area contributed by atoms with Gasteiger partial charge in [0.1, 0.15) is 0 Å². The van der Waals surface area contributed by atoms with Crippen LogP contribution in [0.2, 0.25) is 0 Å². The van der Waals surface area contributed by atoms with Gasteiger partial charge >= 0.3 is 23.9 Å². The Morgan fingerprint density at radius 2 is 1.60 bits per heavy atom. The van der Waals surface area contributed by atoms with E-state index in [2.05, 4.69) is 4.74 Å². The Kier molecular flexibility index (Phi) is 3.62. The van der Waals surface area contributed by atoms with Crippen molar-refractivity contribution in [2.45, 2.75) is 24.9 Å². The highest BCUT2D eigenvalue weighted by Gasteiger charge is 2.76. The van der Waals surface area contributed by atoms with Crippen LogP contribution in [0, 0.1) is 0 Å². The summed E-state index contributed by atoms with van der Waals surface area (Å²) in [5.41, 5.74) is 0. The van der Waals surface area contributed by atoms with Crippen LogP contribution in [0.3, 0.4) is 0 Å². The summed E-state index contributed by atoms with van der Waals surface area (Å²) < 4.78 is 76.1. The van der Waals surface area contributed by atoms with Gasteiger partial charge in [-0.3, -0.25) is 0 Å². The van der Waals surface area contributed by atoms with E-state index >= 15 is 0 Å². The summed E-state index contributed by atoms with van der Waals surface area (Å²) in [5, 5.41) is 7.98. The number of carboxylic acid groups (broad SMARTS) is 1. The summed E-state index contributed by atoms with van der Waals surface area (Å²) in [4.78, 5) is 10.0. The number of rotatable bonds is 4. The van der Waals surface area contributed by atoms with Crippen LogP contribution >= 0.6 is 0 Å². The number of aliphatic carboxylic acids is 1. The molecule has 0 bridgehead atoms. The van der Waals surface area contributed by atoms with E-state index < -0.39 is 30.5 Å². The van der Waals surface area contributed by atoms with Crippen molar-refractivity contribution in [3.8, 4) is 0 Å². The quantitative estimate of drug-likeness (QED) is 0.764. The number of alkyl halides is 6. The van der Waals surface area contributed by atoms with Crippen molar-refractivity contribution in [2.24, 2.45) is 0 Å². The lowest BCUT2D eigenvalue weighted by molar-refractivity contribution is -0.372. The Morgan fingerprint density at radius 3 is 1.80 bits per heavy atom. The third-order valence-corrected chi connectivity index (χ3v) is 1.38. The van der Waals surface area contributed by atoms with Crippen molar-refractivity contribution in [3.05, 3.63) is 0 Å². The number of carbonyl (C=O) groups is 1. The lowest BCUT2D eigenvalue weighted by Gasteiger charge is -2.30. The van der Waals surface area contributed by atoms with Gasteiger partial charge in [-0.15, -0.1) is 0 Å². The number of halogens is 6. The van der Waals surface area contributed by atoms with Gasteiger partial charge in [0.25, 0.3) is 0 Å². The molecule has 0 aromatic rings. The lowest BCUT2D eigenvalue weighted by Crippen LogP contribution is -2.60. The molecule has 0 heterocycles. The first-order valence-corrected chi connectivity index (χ1v) is 3.51. The van der Waals surface area contributed by atoms with Crippen molar-refractivity contribution in [1.82, 2.24) is 0 Å². The van der Waals surface area contributed by atoms with E-state index in [0.717, 1.165) is 6.92 Å². The maximum Gasteiger partial charge on any atom is 0.460 e. The summed E-state index contributed by atoms with van der Waals surface area (Å²) in [6.07, 6.45) is -6.35. The molecule has 1 N–H and O–H groups in total. The highest BCUT2D eigenvalue weighted by atomic mass is 19.4. The molecular formula is C6H6F6O3. The topological polar surface area (TPSA) is 46.5 Å².